The Hall–Kier alpha value is -3.46. The highest BCUT2D eigenvalue weighted by molar-refractivity contribution is 7.16. The van der Waals surface area contributed by atoms with Gasteiger partial charge in [0.25, 0.3) is 0 Å². The van der Waals surface area contributed by atoms with E-state index in [0.29, 0.717) is 19.6 Å². The molecule has 0 unspecified atom stereocenters. The maximum absolute atomic E-state index is 12.2. The van der Waals surface area contributed by atoms with Gasteiger partial charge in [-0.15, -0.1) is 11.3 Å². The second kappa shape index (κ2) is 8.35. The number of H-pyrrole nitrogens is 1. The smallest absolute Gasteiger partial charge is 0.317 e. The maximum atomic E-state index is 12.2. The summed E-state index contributed by atoms with van der Waals surface area (Å²) in [6, 6.07) is 8.18. The largest absolute Gasteiger partial charge is 0.340 e. The molecule has 3 N–H and O–H groups in total. The minimum Gasteiger partial charge on any atom is -0.340 e. The van der Waals surface area contributed by atoms with Crippen molar-refractivity contribution in [3.8, 4) is 0 Å². The van der Waals surface area contributed by atoms with E-state index in [1.807, 2.05) is 29.5 Å². The fraction of sp³-hybridized carbons (Fsp3) is 0.273. The average molecular weight is 434 g/mol. The summed E-state index contributed by atoms with van der Waals surface area (Å²) in [4.78, 5) is 30.6. The lowest BCUT2D eigenvalue weighted by Crippen LogP contribution is -2.42. The molecule has 8 nitrogen and oxygen atoms in total. The molecule has 2 amide bonds. The molecule has 0 spiro atoms. The summed E-state index contributed by atoms with van der Waals surface area (Å²) in [6.07, 6.45) is 5.40. The standard InChI is InChI=1S/C22H23N7OS/c1-2-7-23-22(30)29-8-5-14(6-9-29)18-11-16-20(24-12-25-21(16)28-18)27-15-3-4-17-19(10-15)31-13-26-17/h3-5,10-13H,2,6-9H2,1H3,(H,23,30)(H2,24,25,27,28). The average Bonchev–Trinajstić information content (AvgIpc) is 3.45. The molecule has 0 atom stereocenters. The van der Waals surface area contributed by atoms with Crippen molar-refractivity contribution in [3.63, 3.8) is 0 Å². The maximum Gasteiger partial charge on any atom is 0.317 e. The lowest BCUT2D eigenvalue weighted by molar-refractivity contribution is 0.203. The number of amides is 2. The third-order valence-corrected chi connectivity index (χ3v) is 6.18. The van der Waals surface area contributed by atoms with E-state index in [4.69, 9.17) is 0 Å². The van der Waals surface area contributed by atoms with Crippen LogP contribution in [0.3, 0.4) is 0 Å². The van der Waals surface area contributed by atoms with Crippen LogP contribution in [0.25, 0.3) is 26.8 Å². The van der Waals surface area contributed by atoms with E-state index in [2.05, 4.69) is 48.8 Å². The van der Waals surface area contributed by atoms with Gasteiger partial charge in [-0.25, -0.2) is 19.7 Å². The third kappa shape index (κ3) is 3.96. The van der Waals surface area contributed by atoms with Gasteiger partial charge >= 0.3 is 6.03 Å². The highest BCUT2D eigenvalue weighted by Crippen LogP contribution is 2.30. The van der Waals surface area contributed by atoms with Gasteiger partial charge in [-0.3, -0.25) is 0 Å². The number of anilines is 2. The molecule has 158 valence electrons. The number of aromatic amines is 1. The SMILES string of the molecule is CCCNC(=O)N1CC=C(c2cc3c(Nc4ccc5ncsc5c4)ncnc3[nH]2)CC1. The number of aromatic nitrogens is 4. The van der Waals surface area contributed by atoms with Gasteiger partial charge in [-0.2, -0.15) is 0 Å². The number of benzene rings is 1. The van der Waals surface area contributed by atoms with Crippen molar-refractivity contribution in [3.05, 3.63) is 47.9 Å². The molecule has 31 heavy (non-hydrogen) atoms. The minimum absolute atomic E-state index is 0.00376. The van der Waals surface area contributed by atoms with Crippen LogP contribution in [0.15, 0.2) is 42.2 Å². The van der Waals surface area contributed by atoms with Crippen molar-refractivity contribution in [2.45, 2.75) is 19.8 Å². The fourth-order valence-electron chi connectivity index (χ4n) is 3.72. The molecule has 5 rings (SSSR count). The Labute approximate surface area is 183 Å². The Balaban J connectivity index is 1.37. The molecule has 0 radical (unpaired) electrons. The summed E-state index contributed by atoms with van der Waals surface area (Å²) in [7, 11) is 0. The van der Waals surface area contributed by atoms with Gasteiger partial charge in [-0.1, -0.05) is 13.0 Å². The first-order valence-electron chi connectivity index (χ1n) is 10.4. The van der Waals surface area contributed by atoms with E-state index in [0.717, 1.165) is 51.3 Å². The molecular formula is C22H23N7OS. The van der Waals surface area contributed by atoms with E-state index >= 15 is 0 Å². The van der Waals surface area contributed by atoms with E-state index in [1.165, 1.54) is 5.57 Å². The monoisotopic (exact) mass is 433 g/mol. The molecule has 1 aliphatic heterocycles. The van der Waals surface area contributed by atoms with Crippen molar-refractivity contribution in [2.75, 3.05) is 25.0 Å². The number of carbonyl (C=O) groups is 1. The Morgan fingerprint density at radius 1 is 1.26 bits per heavy atom. The number of carbonyl (C=O) groups excluding carboxylic acids is 1. The molecule has 0 aliphatic carbocycles. The summed E-state index contributed by atoms with van der Waals surface area (Å²) in [5, 5.41) is 7.29. The number of hydrogen-bond acceptors (Lipinski definition) is 6. The minimum atomic E-state index is 0.00376. The van der Waals surface area contributed by atoms with E-state index in [1.54, 1.807) is 17.7 Å². The van der Waals surface area contributed by atoms with Crippen LogP contribution in [0.5, 0.6) is 0 Å². The Morgan fingerprint density at radius 3 is 3.03 bits per heavy atom. The van der Waals surface area contributed by atoms with Crippen LogP contribution in [-0.2, 0) is 0 Å². The number of rotatable bonds is 5. The molecular weight excluding hydrogens is 410 g/mol. The molecule has 0 saturated heterocycles. The lowest BCUT2D eigenvalue weighted by atomic mass is 10.1. The normalized spacial score (nSPS) is 14.1. The van der Waals surface area contributed by atoms with Gasteiger partial charge in [0, 0.05) is 31.0 Å². The summed E-state index contributed by atoms with van der Waals surface area (Å²) >= 11 is 1.61. The Kier molecular flexibility index (Phi) is 5.25. The molecule has 4 aromatic rings. The Bertz CT molecular complexity index is 1280. The second-order valence-corrected chi connectivity index (χ2v) is 8.37. The molecule has 0 saturated carbocycles. The zero-order valence-electron chi connectivity index (χ0n) is 17.2. The second-order valence-electron chi connectivity index (χ2n) is 7.48. The molecule has 1 aromatic carbocycles. The summed E-state index contributed by atoms with van der Waals surface area (Å²) in [5.41, 5.74) is 6.80. The molecule has 9 heteroatoms. The van der Waals surface area contributed by atoms with Gasteiger partial charge in [0.15, 0.2) is 0 Å². The molecule has 1 aliphatic rings. The van der Waals surface area contributed by atoms with E-state index in [-0.39, 0.29) is 6.03 Å². The van der Waals surface area contributed by atoms with Crippen LogP contribution in [0.1, 0.15) is 25.5 Å². The highest BCUT2D eigenvalue weighted by Gasteiger charge is 2.19. The van der Waals surface area contributed by atoms with Gasteiger partial charge in [0.2, 0.25) is 0 Å². The zero-order valence-corrected chi connectivity index (χ0v) is 18.0. The molecule has 0 fully saturated rings. The van der Waals surface area contributed by atoms with Crippen molar-refractivity contribution >= 4 is 55.7 Å². The van der Waals surface area contributed by atoms with Gasteiger partial charge in [0.1, 0.15) is 17.8 Å². The fourth-order valence-corrected chi connectivity index (χ4v) is 4.44. The van der Waals surface area contributed by atoms with Crippen molar-refractivity contribution in [1.82, 2.24) is 30.2 Å². The van der Waals surface area contributed by atoms with Crippen molar-refractivity contribution < 1.29 is 4.79 Å². The number of urea groups is 1. The third-order valence-electron chi connectivity index (χ3n) is 5.39. The number of hydrogen-bond donors (Lipinski definition) is 3. The van der Waals surface area contributed by atoms with E-state index in [9.17, 15) is 4.79 Å². The molecule has 4 heterocycles. The van der Waals surface area contributed by atoms with Gasteiger partial charge in [-0.05, 0) is 42.7 Å². The van der Waals surface area contributed by atoms with Crippen LogP contribution in [-0.4, -0.2) is 50.5 Å². The summed E-state index contributed by atoms with van der Waals surface area (Å²) < 4.78 is 1.13. The summed E-state index contributed by atoms with van der Waals surface area (Å²) in [5.74, 6) is 0.758. The topological polar surface area (TPSA) is 98.8 Å². The number of thiazole rings is 1. The predicted octanol–water partition coefficient (Wildman–Crippen LogP) is 4.52. The molecule has 3 aromatic heterocycles. The van der Waals surface area contributed by atoms with Crippen molar-refractivity contribution in [1.29, 1.82) is 0 Å². The Morgan fingerprint density at radius 2 is 2.19 bits per heavy atom. The van der Waals surface area contributed by atoms with Gasteiger partial charge in [0.05, 0.1) is 21.1 Å². The highest BCUT2D eigenvalue weighted by atomic mass is 32.1. The van der Waals surface area contributed by atoms with Gasteiger partial charge < -0.3 is 20.5 Å². The number of fused-ring (bicyclic) bond motifs is 2. The van der Waals surface area contributed by atoms with Crippen molar-refractivity contribution in [2.24, 2.45) is 0 Å². The first kappa shape index (κ1) is 19.5. The van der Waals surface area contributed by atoms with Crippen LogP contribution < -0.4 is 10.6 Å². The number of nitrogens with zero attached hydrogens (tertiary/aromatic N) is 4. The van der Waals surface area contributed by atoms with Crippen LogP contribution in [0.2, 0.25) is 0 Å². The quantitative estimate of drug-likeness (QED) is 0.430. The lowest BCUT2D eigenvalue weighted by Gasteiger charge is -2.26. The van der Waals surface area contributed by atoms with Crippen LogP contribution in [0, 0.1) is 0 Å². The first-order chi connectivity index (χ1) is 15.2. The number of nitrogens with one attached hydrogen (secondary N) is 3. The zero-order chi connectivity index (χ0) is 21.2. The molecule has 0 bridgehead atoms. The first-order valence-corrected chi connectivity index (χ1v) is 11.3. The predicted molar refractivity (Wildman–Crippen MR) is 125 cm³/mol. The van der Waals surface area contributed by atoms with E-state index < -0.39 is 0 Å². The van der Waals surface area contributed by atoms with Crippen LogP contribution >= 0.6 is 11.3 Å². The summed E-state index contributed by atoms with van der Waals surface area (Å²) in [6.45, 7) is 4.06. The van der Waals surface area contributed by atoms with Crippen LogP contribution in [0.4, 0.5) is 16.3 Å².